The number of methoxy groups -OCH3 is 1. The van der Waals surface area contributed by atoms with Crippen LogP contribution in [0.1, 0.15) is 36.6 Å². The van der Waals surface area contributed by atoms with E-state index in [1.807, 2.05) is 36.4 Å². The van der Waals surface area contributed by atoms with E-state index in [1.165, 1.54) is 17.7 Å². The number of furan rings is 1. The van der Waals surface area contributed by atoms with E-state index in [-0.39, 0.29) is 11.9 Å². The molecule has 1 saturated heterocycles. The summed E-state index contributed by atoms with van der Waals surface area (Å²) in [6.07, 6.45) is 4.70. The summed E-state index contributed by atoms with van der Waals surface area (Å²) >= 11 is 0. The Morgan fingerprint density at radius 1 is 1.27 bits per heavy atom. The molecule has 2 aromatic rings. The van der Waals surface area contributed by atoms with E-state index in [0.717, 1.165) is 35.9 Å². The van der Waals surface area contributed by atoms with Crippen LogP contribution < -0.4 is 9.64 Å². The molecule has 1 amide bonds. The Balaban J connectivity index is 1.58. The van der Waals surface area contributed by atoms with Gasteiger partial charge in [0.25, 0.3) is 5.91 Å². The molecule has 136 valence electrons. The Morgan fingerprint density at radius 2 is 2.04 bits per heavy atom. The number of amides is 1. The summed E-state index contributed by atoms with van der Waals surface area (Å²) in [5.41, 5.74) is 1.91. The minimum Gasteiger partial charge on any atom is -0.497 e. The number of quaternary nitrogens is 1. The zero-order valence-electron chi connectivity index (χ0n) is 15.0. The lowest BCUT2D eigenvalue weighted by molar-refractivity contribution is -0.879. The fourth-order valence-electron chi connectivity index (χ4n) is 3.75. The Labute approximate surface area is 153 Å². The van der Waals surface area contributed by atoms with Crippen molar-refractivity contribution in [3.63, 3.8) is 0 Å². The minimum atomic E-state index is -0.170. The van der Waals surface area contributed by atoms with E-state index in [2.05, 4.69) is 5.10 Å². The van der Waals surface area contributed by atoms with Gasteiger partial charge >= 0.3 is 0 Å². The topological polar surface area (TPSA) is 59.5 Å². The van der Waals surface area contributed by atoms with E-state index in [9.17, 15) is 4.79 Å². The molecule has 1 N–H and O–H groups in total. The van der Waals surface area contributed by atoms with Crippen LogP contribution in [0.4, 0.5) is 0 Å². The van der Waals surface area contributed by atoms with Gasteiger partial charge < -0.3 is 14.1 Å². The van der Waals surface area contributed by atoms with Crippen molar-refractivity contribution < 1.29 is 18.8 Å². The third-order valence-electron chi connectivity index (χ3n) is 5.17. The van der Waals surface area contributed by atoms with Crippen LogP contribution in [0, 0.1) is 0 Å². The van der Waals surface area contributed by atoms with Crippen molar-refractivity contribution in [2.24, 2.45) is 5.10 Å². The standard InChI is InChI=1S/C20H23N3O3/c1-25-16-8-6-15(7-9-16)17-13-18(19-5-4-12-26-19)23(21-17)20(24)14-22-10-2-3-11-22/h4-9,12,18H,2-3,10-11,13-14H2,1H3/p+1/t18-/m0/s1. The van der Waals surface area contributed by atoms with E-state index in [1.54, 1.807) is 18.4 Å². The lowest BCUT2D eigenvalue weighted by atomic mass is 10.0. The van der Waals surface area contributed by atoms with Gasteiger partial charge in [-0.1, -0.05) is 0 Å². The molecule has 1 fully saturated rings. The number of carbonyl (C=O) groups excluding carboxylic acids is 1. The summed E-state index contributed by atoms with van der Waals surface area (Å²) in [6, 6.07) is 11.4. The van der Waals surface area contributed by atoms with Crippen LogP contribution in [0.3, 0.4) is 0 Å². The van der Waals surface area contributed by atoms with Gasteiger partial charge in [0, 0.05) is 19.3 Å². The smallest absolute Gasteiger partial charge is 0.298 e. The van der Waals surface area contributed by atoms with Gasteiger partial charge in [-0.3, -0.25) is 4.79 Å². The Hall–Kier alpha value is -2.60. The van der Waals surface area contributed by atoms with Crippen molar-refractivity contribution in [3.05, 3.63) is 54.0 Å². The normalized spacial score (nSPS) is 20.4. The second-order valence-corrected chi connectivity index (χ2v) is 6.88. The molecule has 3 heterocycles. The van der Waals surface area contributed by atoms with E-state index in [0.29, 0.717) is 13.0 Å². The maximum Gasteiger partial charge on any atom is 0.298 e. The molecule has 0 aliphatic carbocycles. The number of carbonyl (C=O) groups is 1. The van der Waals surface area contributed by atoms with Crippen LogP contribution in [0.2, 0.25) is 0 Å². The Kier molecular flexibility index (Phi) is 4.75. The van der Waals surface area contributed by atoms with Crippen molar-refractivity contribution in [3.8, 4) is 5.75 Å². The molecule has 0 saturated carbocycles. The maximum absolute atomic E-state index is 12.9. The number of nitrogens with one attached hydrogen (secondary N) is 1. The highest BCUT2D eigenvalue weighted by Gasteiger charge is 2.36. The van der Waals surface area contributed by atoms with Crippen LogP contribution in [0.25, 0.3) is 0 Å². The first-order valence-corrected chi connectivity index (χ1v) is 9.15. The van der Waals surface area contributed by atoms with Crippen molar-refractivity contribution >= 4 is 11.6 Å². The van der Waals surface area contributed by atoms with Crippen LogP contribution in [0.5, 0.6) is 5.75 Å². The van der Waals surface area contributed by atoms with Gasteiger partial charge in [-0.25, -0.2) is 5.01 Å². The number of benzene rings is 1. The Bertz CT molecular complexity index is 777. The molecule has 1 aromatic heterocycles. The molecule has 1 atom stereocenters. The maximum atomic E-state index is 12.9. The first kappa shape index (κ1) is 16.8. The zero-order valence-corrected chi connectivity index (χ0v) is 15.0. The van der Waals surface area contributed by atoms with Crippen molar-refractivity contribution in [2.75, 3.05) is 26.7 Å². The predicted molar refractivity (Wildman–Crippen MR) is 97.2 cm³/mol. The molecular weight excluding hydrogens is 330 g/mol. The average molecular weight is 354 g/mol. The number of nitrogens with zero attached hydrogens (tertiary/aromatic N) is 2. The van der Waals surface area contributed by atoms with E-state index in [4.69, 9.17) is 9.15 Å². The van der Waals surface area contributed by atoms with Gasteiger partial charge in [-0.05, 0) is 42.0 Å². The van der Waals surface area contributed by atoms with Gasteiger partial charge in [0.05, 0.1) is 32.2 Å². The zero-order chi connectivity index (χ0) is 17.9. The number of hydrogen-bond donors (Lipinski definition) is 1. The molecule has 4 rings (SSSR count). The van der Waals surface area contributed by atoms with Gasteiger partial charge in [0.15, 0.2) is 6.54 Å². The third-order valence-corrected chi connectivity index (χ3v) is 5.17. The van der Waals surface area contributed by atoms with Crippen LogP contribution in [-0.4, -0.2) is 43.4 Å². The summed E-state index contributed by atoms with van der Waals surface area (Å²) in [5.74, 6) is 1.65. The first-order chi connectivity index (χ1) is 12.7. The molecule has 6 nitrogen and oxygen atoms in total. The summed E-state index contributed by atoms with van der Waals surface area (Å²) in [7, 11) is 1.65. The molecule has 0 spiro atoms. The van der Waals surface area contributed by atoms with Gasteiger partial charge in [-0.15, -0.1) is 0 Å². The monoisotopic (exact) mass is 354 g/mol. The third kappa shape index (κ3) is 3.37. The SMILES string of the molecule is COc1ccc(C2=NN(C(=O)C[NH+]3CCCC3)[C@H](c3ccco3)C2)cc1. The molecule has 26 heavy (non-hydrogen) atoms. The highest BCUT2D eigenvalue weighted by Crippen LogP contribution is 2.33. The van der Waals surface area contributed by atoms with Crippen LogP contribution in [-0.2, 0) is 4.79 Å². The van der Waals surface area contributed by atoms with Crippen molar-refractivity contribution in [1.29, 1.82) is 0 Å². The summed E-state index contributed by atoms with van der Waals surface area (Å²) < 4.78 is 10.8. The molecule has 2 aliphatic heterocycles. The van der Waals surface area contributed by atoms with Crippen molar-refractivity contribution in [2.45, 2.75) is 25.3 Å². The van der Waals surface area contributed by atoms with Crippen LogP contribution in [0.15, 0.2) is 52.2 Å². The summed E-state index contributed by atoms with van der Waals surface area (Å²) in [4.78, 5) is 14.3. The minimum absolute atomic E-state index is 0.0619. The highest BCUT2D eigenvalue weighted by molar-refractivity contribution is 6.03. The van der Waals surface area contributed by atoms with E-state index >= 15 is 0 Å². The second kappa shape index (κ2) is 7.33. The van der Waals surface area contributed by atoms with E-state index < -0.39 is 0 Å². The average Bonchev–Trinajstić information content (AvgIpc) is 3.42. The summed E-state index contributed by atoms with van der Waals surface area (Å²) in [6.45, 7) is 2.64. The van der Waals surface area contributed by atoms with Crippen molar-refractivity contribution in [1.82, 2.24) is 5.01 Å². The molecule has 0 unspecified atom stereocenters. The second-order valence-electron chi connectivity index (χ2n) is 6.88. The Morgan fingerprint density at radius 3 is 2.69 bits per heavy atom. The quantitative estimate of drug-likeness (QED) is 0.888. The number of ether oxygens (including phenoxy) is 1. The molecule has 0 bridgehead atoms. The lowest BCUT2D eigenvalue weighted by Crippen LogP contribution is -3.11. The highest BCUT2D eigenvalue weighted by atomic mass is 16.5. The molecular formula is C20H24N3O3+. The van der Waals surface area contributed by atoms with Gasteiger partial charge in [0.2, 0.25) is 0 Å². The molecule has 1 aromatic carbocycles. The predicted octanol–water partition coefficient (Wildman–Crippen LogP) is 1.64. The lowest BCUT2D eigenvalue weighted by Gasteiger charge is -2.21. The number of hydrazone groups is 1. The fraction of sp³-hybridized carbons (Fsp3) is 0.400. The number of hydrogen-bond acceptors (Lipinski definition) is 4. The molecule has 0 radical (unpaired) electrons. The fourth-order valence-corrected chi connectivity index (χ4v) is 3.75. The van der Waals surface area contributed by atoms with Gasteiger partial charge in [0.1, 0.15) is 17.6 Å². The van der Waals surface area contributed by atoms with Crippen LogP contribution >= 0.6 is 0 Å². The number of rotatable bonds is 5. The molecule has 6 heteroatoms. The number of likely N-dealkylation sites (tertiary alicyclic amines) is 1. The first-order valence-electron chi connectivity index (χ1n) is 9.15. The molecule has 2 aliphatic rings. The summed E-state index contributed by atoms with van der Waals surface area (Å²) in [5, 5.41) is 6.31. The largest absolute Gasteiger partial charge is 0.497 e. The van der Waals surface area contributed by atoms with Gasteiger partial charge in [-0.2, -0.15) is 5.10 Å².